The smallest absolute Gasteiger partial charge is 0.128 e. The van der Waals surface area contributed by atoms with E-state index in [1.807, 2.05) is 0 Å². The molecule has 6 aromatic rings. The van der Waals surface area contributed by atoms with Gasteiger partial charge in [-0.2, -0.15) is 0 Å². The number of fused-ring (bicyclic) bond motifs is 2. The third-order valence-corrected chi connectivity index (χ3v) is 16.1. The summed E-state index contributed by atoms with van der Waals surface area (Å²) in [5.41, 5.74) is 4.32. The fraction of sp³-hybridized carbons (Fsp3) is 0.515. The monoisotopic (exact) mass is 943 g/mol. The van der Waals surface area contributed by atoms with Crippen LogP contribution >= 0.6 is 0 Å². The van der Waals surface area contributed by atoms with E-state index in [-0.39, 0.29) is 0 Å². The van der Waals surface area contributed by atoms with Gasteiger partial charge in [0.05, 0.1) is 13.2 Å². The standard InChI is InChI=1S/C66H86O4/c1-3-5-7-9-11-19-51-27-31-53(32-28-51)21-17-47-67-59-41-35-55(36-42-59)49-69-63-45-39-57-23-13-15-25-61(57)65(63)66-62-26-16-14-24-58(62)40-46-64(66)70-50-56-37-43-60(44-38-56)68-48-18-22-54-33-29-52(30-34-54)20-12-10-8-6-4-2/h13-16,23-26,35-46,51-54H,3-12,17-22,27-34,47-50H2,1-2H3. The van der Waals surface area contributed by atoms with Gasteiger partial charge in [-0.1, -0.05) is 227 Å². The Morgan fingerprint density at radius 2 is 0.700 bits per heavy atom. The van der Waals surface area contributed by atoms with Gasteiger partial charge in [0.25, 0.3) is 0 Å². The molecule has 2 fully saturated rings. The van der Waals surface area contributed by atoms with Gasteiger partial charge in [0.2, 0.25) is 0 Å². The Bertz CT molecular complexity index is 2230. The third-order valence-electron chi connectivity index (χ3n) is 16.1. The summed E-state index contributed by atoms with van der Waals surface area (Å²) >= 11 is 0. The predicted molar refractivity (Wildman–Crippen MR) is 296 cm³/mol. The number of unbranched alkanes of at least 4 members (excludes halogenated alkanes) is 8. The quantitative estimate of drug-likeness (QED) is 0.0439. The zero-order chi connectivity index (χ0) is 48.0. The molecule has 2 aliphatic carbocycles. The van der Waals surface area contributed by atoms with Crippen LogP contribution in [0.3, 0.4) is 0 Å². The van der Waals surface area contributed by atoms with Gasteiger partial charge < -0.3 is 18.9 Å². The number of rotatable bonds is 29. The lowest BCUT2D eigenvalue weighted by Crippen LogP contribution is -2.15. The highest BCUT2D eigenvalue weighted by molar-refractivity contribution is 6.09. The molecule has 70 heavy (non-hydrogen) atoms. The molecule has 4 heteroatoms. The highest BCUT2D eigenvalue weighted by Crippen LogP contribution is 2.46. The van der Waals surface area contributed by atoms with Crippen LogP contribution in [0.4, 0.5) is 0 Å². The summed E-state index contributed by atoms with van der Waals surface area (Å²) in [5.74, 6) is 7.24. The Balaban J connectivity index is 0.835. The molecule has 0 aliphatic heterocycles. The van der Waals surface area contributed by atoms with Crippen molar-refractivity contribution in [2.24, 2.45) is 23.7 Å². The van der Waals surface area contributed by atoms with E-state index in [0.717, 1.165) is 117 Å². The molecule has 0 atom stereocenters. The second-order valence-corrected chi connectivity index (χ2v) is 21.3. The van der Waals surface area contributed by atoms with E-state index in [4.69, 9.17) is 18.9 Å². The molecule has 0 spiro atoms. The van der Waals surface area contributed by atoms with Crippen molar-refractivity contribution in [1.82, 2.24) is 0 Å². The zero-order valence-electron chi connectivity index (χ0n) is 43.3. The van der Waals surface area contributed by atoms with Crippen LogP contribution in [0, 0.1) is 23.7 Å². The van der Waals surface area contributed by atoms with Crippen molar-refractivity contribution in [1.29, 1.82) is 0 Å². The normalized spacial score (nSPS) is 18.3. The van der Waals surface area contributed by atoms with E-state index in [1.54, 1.807) is 0 Å². The van der Waals surface area contributed by atoms with Crippen molar-refractivity contribution in [3.63, 3.8) is 0 Å². The molecule has 0 radical (unpaired) electrons. The molecule has 0 saturated heterocycles. The summed E-state index contributed by atoms with van der Waals surface area (Å²) < 4.78 is 26.1. The maximum atomic E-state index is 6.81. The van der Waals surface area contributed by atoms with Gasteiger partial charge in [0, 0.05) is 11.1 Å². The molecule has 0 amide bonds. The van der Waals surface area contributed by atoms with E-state index in [1.165, 1.54) is 141 Å². The first kappa shape index (κ1) is 51.4. The summed E-state index contributed by atoms with van der Waals surface area (Å²) in [7, 11) is 0. The van der Waals surface area contributed by atoms with Crippen molar-refractivity contribution >= 4 is 21.5 Å². The minimum Gasteiger partial charge on any atom is -0.494 e. The second kappa shape index (κ2) is 28.2. The largest absolute Gasteiger partial charge is 0.494 e. The number of hydrogen-bond acceptors (Lipinski definition) is 4. The molecule has 374 valence electrons. The molecule has 2 aliphatic rings. The van der Waals surface area contributed by atoms with Crippen LogP contribution in [-0.2, 0) is 13.2 Å². The van der Waals surface area contributed by atoms with E-state index < -0.39 is 0 Å². The number of benzene rings is 6. The molecule has 0 aromatic heterocycles. The molecule has 0 bridgehead atoms. The maximum absolute atomic E-state index is 6.81. The molecular formula is C66H86O4. The molecule has 0 N–H and O–H groups in total. The molecule has 0 unspecified atom stereocenters. The van der Waals surface area contributed by atoms with Crippen LogP contribution in [-0.4, -0.2) is 13.2 Å². The second-order valence-electron chi connectivity index (χ2n) is 21.3. The molecule has 4 nitrogen and oxygen atoms in total. The zero-order valence-corrected chi connectivity index (χ0v) is 43.3. The number of hydrogen-bond donors (Lipinski definition) is 0. The minimum atomic E-state index is 0.447. The number of ether oxygens (including phenoxy) is 4. The van der Waals surface area contributed by atoms with Gasteiger partial charge in [-0.15, -0.1) is 0 Å². The van der Waals surface area contributed by atoms with E-state index in [9.17, 15) is 0 Å². The fourth-order valence-electron chi connectivity index (χ4n) is 11.8. The lowest BCUT2D eigenvalue weighted by molar-refractivity contribution is 0.228. The third kappa shape index (κ3) is 15.5. The lowest BCUT2D eigenvalue weighted by atomic mass is 9.78. The van der Waals surface area contributed by atoms with Crippen molar-refractivity contribution in [3.8, 4) is 34.1 Å². The Morgan fingerprint density at radius 3 is 1.09 bits per heavy atom. The van der Waals surface area contributed by atoms with Crippen molar-refractivity contribution in [3.05, 3.63) is 132 Å². The molecule has 8 rings (SSSR count). The van der Waals surface area contributed by atoms with Crippen LogP contribution in [0.5, 0.6) is 23.0 Å². The topological polar surface area (TPSA) is 36.9 Å². The SMILES string of the molecule is CCCCCCCC1CCC(CCCOc2ccc(COc3ccc4ccccc4c3-c3c(OCc4ccc(OCCCC5CCC(CCCCCCC)CC5)cc4)ccc4ccccc34)cc2)CC1. The van der Waals surface area contributed by atoms with Crippen molar-refractivity contribution < 1.29 is 18.9 Å². The van der Waals surface area contributed by atoms with E-state index in [2.05, 4.69) is 135 Å². The Labute approximate surface area is 423 Å². The molecule has 2 saturated carbocycles. The van der Waals surface area contributed by atoms with E-state index in [0.29, 0.717) is 13.2 Å². The van der Waals surface area contributed by atoms with E-state index >= 15 is 0 Å². The first-order valence-electron chi connectivity index (χ1n) is 28.4. The van der Waals surface area contributed by atoms with Crippen molar-refractivity contribution in [2.75, 3.05) is 13.2 Å². The summed E-state index contributed by atoms with van der Waals surface area (Å²) in [6.45, 7) is 7.06. The molecule has 6 aromatic carbocycles. The fourth-order valence-corrected chi connectivity index (χ4v) is 11.8. The summed E-state index contributed by atoms with van der Waals surface area (Å²) in [6, 6.07) is 42.8. The maximum Gasteiger partial charge on any atom is 0.128 e. The van der Waals surface area contributed by atoms with Gasteiger partial charge in [0.1, 0.15) is 36.2 Å². The summed E-state index contributed by atoms with van der Waals surface area (Å²) in [5, 5.41) is 4.60. The average Bonchev–Trinajstić information content (AvgIpc) is 3.41. The van der Waals surface area contributed by atoms with Gasteiger partial charge >= 0.3 is 0 Å². The summed E-state index contributed by atoms with van der Waals surface area (Å²) in [4.78, 5) is 0. The van der Waals surface area contributed by atoms with Crippen LogP contribution in [0.15, 0.2) is 121 Å². The first-order chi connectivity index (χ1) is 34.6. The lowest BCUT2D eigenvalue weighted by Gasteiger charge is -2.28. The van der Waals surface area contributed by atoms with Crippen molar-refractivity contribution in [2.45, 2.75) is 181 Å². The van der Waals surface area contributed by atoms with Gasteiger partial charge in [-0.05, 0) is 118 Å². The first-order valence-corrected chi connectivity index (χ1v) is 28.4. The van der Waals surface area contributed by atoms with Gasteiger partial charge in [-0.25, -0.2) is 0 Å². The summed E-state index contributed by atoms with van der Waals surface area (Å²) in [6.07, 6.45) is 33.2. The van der Waals surface area contributed by atoms with Crippen LogP contribution in [0.25, 0.3) is 32.7 Å². The highest BCUT2D eigenvalue weighted by atomic mass is 16.5. The van der Waals surface area contributed by atoms with Gasteiger partial charge in [0.15, 0.2) is 0 Å². The van der Waals surface area contributed by atoms with Crippen LogP contribution < -0.4 is 18.9 Å². The Morgan fingerprint density at radius 1 is 0.343 bits per heavy atom. The molecular weight excluding hydrogens is 857 g/mol. The van der Waals surface area contributed by atoms with Crippen LogP contribution in [0.2, 0.25) is 0 Å². The van der Waals surface area contributed by atoms with Crippen LogP contribution in [0.1, 0.15) is 179 Å². The Kier molecular flexibility index (Phi) is 20.7. The highest BCUT2D eigenvalue weighted by Gasteiger charge is 2.23. The minimum absolute atomic E-state index is 0.447. The average molecular weight is 943 g/mol. The Hall–Kier alpha value is -4.96. The predicted octanol–water partition coefficient (Wildman–Crippen LogP) is 19.5. The van der Waals surface area contributed by atoms with Gasteiger partial charge in [-0.3, -0.25) is 0 Å². The molecule has 0 heterocycles.